The molecule has 1 aliphatic rings. The lowest BCUT2D eigenvalue weighted by atomic mass is 9.95. The number of hydrogen-bond donors (Lipinski definition) is 1. The first-order chi connectivity index (χ1) is 19.2. The molecule has 1 aliphatic heterocycles. The molecule has 0 saturated carbocycles. The highest BCUT2D eigenvalue weighted by Gasteiger charge is 2.48. The normalized spacial score (nSPS) is 16.2. The van der Waals surface area contributed by atoms with Crippen LogP contribution in [0.15, 0.2) is 48.0 Å². The number of aliphatic hydroxyl groups is 1. The molecule has 0 spiro atoms. The molecule has 1 aromatic heterocycles. The van der Waals surface area contributed by atoms with Gasteiger partial charge in [0.15, 0.2) is 16.6 Å². The second kappa shape index (κ2) is 12.2. The van der Waals surface area contributed by atoms with Crippen LogP contribution in [0.4, 0.5) is 5.13 Å². The summed E-state index contributed by atoms with van der Waals surface area (Å²) in [6, 6.07) is 10.5. The van der Waals surface area contributed by atoms with E-state index >= 15 is 0 Å². The van der Waals surface area contributed by atoms with E-state index in [0.29, 0.717) is 40.7 Å². The van der Waals surface area contributed by atoms with E-state index in [1.54, 1.807) is 49.4 Å². The van der Waals surface area contributed by atoms with Gasteiger partial charge in [-0.15, -0.1) is 0 Å². The smallest absolute Gasteiger partial charge is 0.350 e. The zero-order valence-corrected chi connectivity index (χ0v) is 23.7. The Hall–Kier alpha value is -4.38. The van der Waals surface area contributed by atoms with Crippen LogP contribution >= 0.6 is 11.3 Å². The average molecular weight is 567 g/mol. The summed E-state index contributed by atoms with van der Waals surface area (Å²) in [6.45, 7) is 4.16. The number of esters is 1. The molecule has 1 amide bonds. The number of aromatic nitrogens is 1. The summed E-state index contributed by atoms with van der Waals surface area (Å²) in [7, 11) is 4.22. The van der Waals surface area contributed by atoms with Crippen LogP contribution < -0.4 is 19.1 Å². The molecule has 0 aliphatic carbocycles. The van der Waals surface area contributed by atoms with Crippen molar-refractivity contribution in [1.82, 2.24) is 4.98 Å². The Labute approximate surface area is 235 Å². The van der Waals surface area contributed by atoms with E-state index in [1.807, 2.05) is 0 Å². The molecule has 3 aromatic rings. The number of carbonyl (C=O) groups is 3. The number of aliphatic hydroxyl groups excluding tert-OH is 1. The van der Waals surface area contributed by atoms with Crippen molar-refractivity contribution < 1.29 is 38.4 Å². The van der Waals surface area contributed by atoms with Crippen LogP contribution in [0.5, 0.6) is 17.2 Å². The molecule has 1 N–H and O–H groups in total. The van der Waals surface area contributed by atoms with Crippen LogP contribution in [0.2, 0.25) is 0 Å². The SMILES string of the molecule is CCCCOc1ccc(C2/C(=C(\O)c3cccc(OC)c3)C(=O)C(=O)N2c2nc(C)c(C(=O)OC)s2)cc1OC. The lowest BCUT2D eigenvalue weighted by molar-refractivity contribution is -0.132. The van der Waals surface area contributed by atoms with Gasteiger partial charge in [-0.2, -0.15) is 0 Å². The molecule has 2 aromatic carbocycles. The van der Waals surface area contributed by atoms with Crippen molar-refractivity contribution >= 4 is 39.9 Å². The Balaban J connectivity index is 1.92. The minimum absolute atomic E-state index is 0.108. The van der Waals surface area contributed by atoms with Gasteiger partial charge in [0.1, 0.15) is 16.4 Å². The average Bonchev–Trinajstić information content (AvgIpc) is 3.48. The Kier molecular flexibility index (Phi) is 8.73. The van der Waals surface area contributed by atoms with E-state index in [0.717, 1.165) is 24.2 Å². The number of rotatable bonds is 10. The molecule has 1 unspecified atom stereocenters. The Bertz CT molecular complexity index is 1480. The number of amides is 1. The molecule has 2 heterocycles. The Morgan fingerprint density at radius 1 is 1.07 bits per heavy atom. The maximum absolute atomic E-state index is 13.5. The van der Waals surface area contributed by atoms with Gasteiger partial charge < -0.3 is 24.1 Å². The number of Topliss-reactive ketones (excluding diaryl/α,β-unsaturated/α-hetero) is 1. The van der Waals surface area contributed by atoms with E-state index in [-0.39, 0.29) is 21.3 Å². The van der Waals surface area contributed by atoms with Gasteiger partial charge in [-0.1, -0.05) is 42.9 Å². The van der Waals surface area contributed by atoms with Crippen LogP contribution in [0.1, 0.15) is 52.3 Å². The van der Waals surface area contributed by atoms with Gasteiger partial charge in [0, 0.05) is 5.56 Å². The molecule has 1 atom stereocenters. The number of anilines is 1. The molecule has 10 nitrogen and oxygen atoms in total. The number of ketones is 1. The van der Waals surface area contributed by atoms with E-state index in [9.17, 15) is 19.5 Å². The number of carbonyl (C=O) groups excluding carboxylic acids is 3. The maximum atomic E-state index is 13.5. The summed E-state index contributed by atoms with van der Waals surface area (Å²) in [5.74, 6) is -1.44. The van der Waals surface area contributed by atoms with Crippen molar-refractivity contribution in [3.8, 4) is 17.2 Å². The maximum Gasteiger partial charge on any atom is 0.350 e. The first-order valence-corrected chi connectivity index (χ1v) is 13.4. The number of thiazole rings is 1. The minimum atomic E-state index is -1.08. The molecule has 11 heteroatoms. The number of methoxy groups -OCH3 is 3. The first kappa shape index (κ1) is 28.6. The van der Waals surface area contributed by atoms with Gasteiger partial charge >= 0.3 is 11.9 Å². The van der Waals surface area contributed by atoms with Gasteiger partial charge in [-0.05, 0) is 43.2 Å². The van der Waals surface area contributed by atoms with Gasteiger partial charge in [0.25, 0.3) is 5.78 Å². The number of unbranched alkanes of at least 4 members (excludes halogenated alkanes) is 1. The van der Waals surface area contributed by atoms with E-state index < -0.39 is 23.7 Å². The van der Waals surface area contributed by atoms with Gasteiger partial charge in [0.05, 0.1) is 45.2 Å². The third-order valence-electron chi connectivity index (χ3n) is 6.41. The van der Waals surface area contributed by atoms with Crippen LogP contribution in [-0.2, 0) is 14.3 Å². The van der Waals surface area contributed by atoms with Crippen LogP contribution in [0, 0.1) is 6.92 Å². The fourth-order valence-corrected chi connectivity index (χ4v) is 5.35. The lowest BCUT2D eigenvalue weighted by Crippen LogP contribution is -2.29. The topological polar surface area (TPSA) is 124 Å². The first-order valence-electron chi connectivity index (χ1n) is 12.6. The van der Waals surface area contributed by atoms with Crippen LogP contribution in [0.25, 0.3) is 5.76 Å². The molecule has 40 heavy (non-hydrogen) atoms. The molecule has 1 saturated heterocycles. The van der Waals surface area contributed by atoms with Crippen molar-refractivity contribution in [1.29, 1.82) is 0 Å². The second-order valence-electron chi connectivity index (χ2n) is 8.92. The fourth-order valence-electron chi connectivity index (χ4n) is 4.34. The van der Waals surface area contributed by atoms with E-state index in [4.69, 9.17) is 18.9 Å². The third-order valence-corrected chi connectivity index (χ3v) is 7.55. The summed E-state index contributed by atoms with van der Waals surface area (Å²) in [6.07, 6.45) is 1.82. The van der Waals surface area contributed by atoms with Crippen molar-refractivity contribution in [2.24, 2.45) is 0 Å². The highest BCUT2D eigenvalue weighted by atomic mass is 32.1. The van der Waals surface area contributed by atoms with Crippen LogP contribution in [0.3, 0.4) is 0 Å². The highest BCUT2D eigenvalue weighted by molar-refractivity contribution is 7.17. The van der Waals surface area contributed by atoms with Gasteiger partial charge in [0.2, 0.25) is 0 Å². The van der Waals surface area contributed by atoms with Gasteiger partial charge in [-0.25, -0.2) is 9.78 Å². The molecule has 0 bridgehead atoms. The standard InChI is InChI=1S/C29H30N2O8S/c1-6-7-13-39-20-12-11-17(15-21(20)37-4)23-22(24(32)18-9-8-10-19(14-18)36-3)25(33)27(34)31(23)29-30-16(2)26(40-29)28(35)38-5/h8-12,14-15,23,32H,6-7,13H2,1-5H3/b24-22+. The molecule has 4 rings (SSSR count). The van der Waals surface area contributed by atoms with Crippen molar-refractivity contribution in [3.05, 3.63) is 69.7 Å². The molecular weight excluding hydrogens is 536 g/mol. The summed E-state index contributed by atoms with van der Waals surface area (Å²) >= 11 is 0.923. The van der Waals surface area contributed by atoms with E-state index in [2.05, 4.69) is 11.9 Å². The van der Waals surface area contributed by atoms with E-state index in [1.165, 1.54) is 26.2 Å². The second-order valence-corrected chi connectivity index (χ2v) is 9.89. The number of ether oxygens (including phenoxy) is 4. The van der Waals surface area contributed by atoms with Crippen molar-refractivity contribution in [3.63, 3.8) is 0 Å². The number of hydrogen-bond acceptors (Lipinski definition) is 10. The van der Waals surface area contributed by atoms with Crippen molar-refractivity contribution in [2.75, 3.05) is 32.8 Å². The predicted molar refractivity (Wildman–Crippen MR) is 149 cm³/mol. The summed E-state index contributed by atoms with van der Waals surface area (Å²) in [5.41, 5.74) is 0.959. The number of aryl methyl sites for hydroxylation is 1. The predicted octanol–water partition coefficient (Wildman–Crippen LogP) is 5.06. The zero-order valence-electron chi connectivity index (χ0n) is 22.8. The number of nitrogens with zero attached hydrogens (tertiary/aromatic N) is 2. The number of benzene rings is 2. The zero-order chi connectivity index (χ0) is 29.0. The quantitative estimate of drug-likeness (QED) is 0.118. The van der Waals surface area contributed by atoms with Gasteiger partial charge in [-0.3, -0.25) is 14.5 Å². The molecule has 210 valence electrons. The van der Waals surface area contributed by atoms with Crippen molar-refractivity contribution in [2.45, 2.75) is 32.7 Å². The Morgan fingerprint density at radius 2 is 1.85 bits per heavy atom. The summed E-state index contributed by atoms with van der Waals surface area (Å²) in [5, 5.41) is 11.5. The fraction of sp³-hybridized carbons (Fsp3) is 0.310. The summed E-state index contributed by atoms with van der Waals surface area (Å²) < 4.78 is 21.5. The summed E-state index contributed by atoms with van der Waals surface area (Å²) in [4.78, 5) is 45.1. The van der Waals surface area contributed by atoms with Crippen LogP contribution in [-0.4, -0.2) is 55.7 Å². The Morgan fingerprint density at radius 3 is 2.52 bits per heavy atom. The highest BCUT2D eigenvalue weighted by Crippen LogP contribution is 2.45. The third kappa shape index (κ3) is 5.37. The molecule has 0 radical (unpaired) electrons. The molecular formula is C29H30N2O8S. The largest absolute Gasteiger partial charge is 0.507 e. The monoisotopic (exact) mass is 566 g/mol. The lowest BCUT2D eigenvalue weighted by Gasteiger charge is -2.24. The minimum Gasteiger partial charge on any atom is -0.507 e. The molecule has 1 fully saturated rings.